The van der Waals surface area contributed by atoms with E-state index in [0.717, 1.165) is 6.20 Å². The van der Waals surface area contributed by atoms with E-state index in [1.165, 1.54) is 12.1 Å². The zero-order chi connectivity index (χ0) is 12.0. The second-order valence-electron chi connectivity index (χ2n) is 3.00. The maximum atomic E-state index is 11.2. The van der Waals surface area contributed by atoms with Gasteiger partial charge in [-0.05, 0) is 12.5 Å². The highest BCUT2D eigenvalue weighted by molar-refractivity contribution is 6.18. The summed E-state index contributed by atoms with van der Waals surface area (Å²) in [5.41, 5.74) is -0.112. The molecule has 86 valence electrons. The number of carbonyl (C=O) groups is 1. The summed E-state index contributed by atoms with van der Waals surface area (Å²) in [7, 11) is 0. The molecule has 1 heterocycles. The third kappa shape index (κ3) is 3.82. The van der Waals surface area contributed by atoms with Crippen molar-refractivity contribution in [3.05, 3.63) is 28.4 Å². The lowest BCUT2D eigenvalue weighted by Gasteiger charge is -2.02. The minimum Gasteiger partial charge on any atom is -0.311 e. The van der Waals surface area contributed by atoms with Crippen LogP contribution in [0, 0.1) is 10.1 Å². The zero-order valence-electron chi connectivity index (χ0n) is 8.35. The number of nitrogens with one attached hydrogen (secondary N) is 1. The third-order valence-electron chi connectivity index (χ3n) is 1.76. The Balaban J connectivity index is 2.55. The van der Waals surface area contributed by atoms with E-state index in [1.54, 1.807) is 0 Å². The normalized spacial score (nSPS) is 9.81. The van der Waals surface area contributed by atoms with E-state index in [1.807, 2.05) is 0 Å². The number of hydrogen-bond donors (Lipinski definition) is 1. The number of alkyl halides is 1. The van der Waals surface area contributed by atoms with Gasteiger partial charge in [0.2, 0.25) is 5.91 Å². The number of anilines is 1. The van der Waals surface area contributed by atoms with Crippen molar-refractivity contribution in [2.75, 3.05) is 11.2 Å². The number of aromatic nitrogens is 1. The molecule has 0 radical (unpaired) electrons. The largest absolute Gasteiger partial charge is 0.311 e. The standard InChI is InChI=1S/C9H10ClN3O3/c10-5-1-2-9(14)12-8-4-3-7(6-11-8)13(15)16/h3-4,6H,1-2,5H2,(H,11,12,14). The summed E-state index contributed by atoms with van der Waals surface area (Å²) in [5, 5.41) is 12.9. The van der Waals surface area contributed by atoms with Gasteiger partial charge in [0.05, 0.1) is 4.92 Å². The zero-order valence-corrected chi connectivity index (χ0v) is 9.11. The molecular weight excluding hydrogens is 234 g/mol. The first kappa shape index (κ1) is 12.4. The second-order valence-corrected chi connectivity index (χ2v) is 3.38. The van der Waals surface area contributed by atoms with Crippen molar-refractivity contribution >= 4 is 29.0 Å². The monoisotopic (exact) mass is 243 g/mol. The maximum Gasteiger partial charge on any atom is 0.287 e. The Labute approximate surface area is 96.8 Å². The molecule has 0 aliphatic rings. The molecule has 0 fully saturated rings. The van der Waals surface area contributed by atoms with Gasteiger partial charge in [0.25, 0.3) is 5.69 Å². The van der Waals surface area contributed by atoms with Gasteiger partial charge in [0.15, 0.2) is 0 Å². The maximum absolute atomic E-state index is 11.2. The van der Waals surface area contributed by atoms with Crippen LogP contribution in [0.25, 0.3) is 0 Å². The number of rotatable bonds is 5. The van der Waals surface area contributed by atoms with E-state index in [4.69, 9.17) is 11.6 Å². The molecule has 0 unspecified atom stereocenters. The van der Waals surface area contributed by atoms with E-state index in [0.29, 0.717) is 24.5 Å². The van der Waals surface area contributed by atoms with Crippen LogP contribution in [0.2, 0.25) is 0 Å². The molecule has 1 N–H and O–H groups in total. The first-order chi connectivity index (χ1) is 7.63. The molecule has 0 aliphatic carbocycles. The highest BCUT2D eigenvalue weighted by Gasteiger charge is 2.07. The molecular formula is C9H10ClN3O3. The average molecular weight is 244 g/mol. The second kappa shape index (κ2) is 6.02. The topological polar surface area (TPSA) is 85.1 Å². The summed E-state index contributed by atoms with van der Waals surface area (Å²) in [6, 6.07) is 2.67. The Morgan fingerprint density at radius 2 is 2.31 bits per heavy atom. The number of carbonyl (C=O) groups excluding carboxylic acids is 1. The first-order valence-corrected chi connectivity index (χ1v) is 5.13. The van der Waals surface area contributed by atoms with E-state index in [9.17, 15) is 14.9 Å². The van der Waals surface area contributed by atoms with Gasteiger partial charge in [0.1, 0.15) is 12.0 Å². The fraction of sp³-hybridized carbons (Fsp3) is 0.333. The van der Waals surface area contributed by atoms with Crippen LogP contribution in [0.5, 0.6) is 0 Å². The Morgan fingerprint density at radius 1 is 1.56 bits per heavy atom. The molecule has 0 bridgehead atoms. The quantitative estimate of drug-likeness (QED) is 0.487. The summed E-state index contributed by atoms with van der Waals surface area (Å²) in [5.74, 6) is 0.508. The van der Waals surface area contributed by atoms with Gasteiger partial charge < -0.3 is 5.32 Å². The number of halogens is 1. The van der Waals surface area contributed by atoms with Crippen LogP contribution in [0.3, 0.4) is 0 Å². The van der Waals surface area contributed by atoms with Crippen LogP contribution in [0.15, 0.2) is 18.3 Å². The van der Waals surface area contributed by atoms with Crippen molar-refractivity contribution < 1.29 is 9.72 Å². The van der Waals surface area contributed by atoms with Gasteiger partial charge in [0, 0.05) is 18.4 Å². The van der Waals surface area contributed by atoms with Crippen molar-refractivity contribution in [2.24, 2.45) is 0 Å². The van der Waals surface area contributed by atoms with Crippen molar-refractivity contribution in [2.45, 2.75) is 12.8 Å². The Hall–Kier alpha value is -1.69. The molecule has 0 saturated heterocycles. The van der Waals surface area contributed by atoms with Gasteiger partial charge in [-0.25, -0.2) is 4.98 Å². The van der Waals surface area contributed by atoms with Crippen LogP contribution in [0.1, 0.15) is 12.8 Å². The number of hydrogen-bond acceptors (Lipinski definition) is 4. The lowest BCUT2D eigenvalue weighted by molar-refractivity contribution is -0.385. The van der Waals surface area contributed by atoms with E-state index < -0.39 is 4.92 Å². The van der Waals surface area contributed by atoms with Crippen molar-refractivity contribution in [3.8, 4) is 0 Å². The number of nitro groups is 1. The molecule has 1 aromatic heterocycles. The Bertz CT molecular complexity index is 380. The van der Waals surface area contributed by atoms with Crippen LogP contribution < -0.4 is 5.32 Å². The smallest absolute Gasteiger partial charge is 0.287 e. The lowest BCUT2D eigenvalue weighted by Crippen LogP contribution is -2.12. The van der Waals surface area contributed by atoms with Gasteiger partial charge in [-0.3, -0.25) is 14.9 Å². The fourth-order valence-electron chi connectivity index (χ4n) is 1.00. The molecule has 0 saturated carbocycles. The number of pyridine rings is 1. The van der Waals surface area contributed by atoms with E-state index in [2.05, 4.69) is 10.3 Å². The number of amides is 1. The predicted octanol–water partition coefficient (Wildman–Crippen LogP) is 1.95. The van der Waals surface area contributed by atoms with Crippen molar-refractivity contribution in [3.63, 3.8) is 0 Å². The van der Waals surface area contributed by atoms with Crippen LogP contribution in [-0.2, 0) is 4.79 Å². The minimum atomic E-state index is -0.550. The van der Waals surface area contributed by atoms with Crippen molar-refractivity contribution in [1.82, 2.24) is 4.98 Å². The molecule has 0 atom stereocenters. The van der Waals surface area contributed by atoms with Crippen LogP contribution in [0.4, 0.5) is 11.5 Å². The van der Waals surface area contributed by atoms with Gasteiger partial charge in [-0.2, -0.15) is 0 Å². The summed E-state index contributed by atoms with van der Waals surface area (Å²) >= 11 is 5.43. The van der Waals surface area contributed by atoms with Gasteiger partial charge in [-0.15, -0.1) is 11.6 Å². The van der Waals surface area contributed by atoms with Gasteiger partial charge >= 0.3 is 0 Å². The predicted molar refractivity (Wildman–Crippen MR) is 59.5 cm³/mol. The van der Waals surface area contributed by atoms with E-state index >= 15 is 0 Å². The van der Waals surface area contributed by atoms with Gasteiger partial charge in [-0.1, -0.05) is 0 Å². The number of nitrogens with zero attached hydrogens (tertiary/aromatic N) is 2. The Kier molecular flexibility index (Phi) is 4.65. The lowest BCUT2D eigenvalue weighted by atomic mass is 10.3. The van der Waals surface area contributed by atoms with E-state index in [-0.39, 0.29) is 11.6 Å². The molecule has 16 heavy (non-hydrogen) atoms. The molecule has 1 rings (SSSR count). The molecule has 1 aromatic rings. The highest BCUT2D eigenvalue weighted by Crippen LogP contribution is 2.11. The molecule has 1 amide bonds. The Morgan fingerprint density at radius 3 is 2.81 bits per heavy atom. The first-order valence-electron chi connectivity index (χ1n) is 4.59. The highest BCUT2D eigenvalue weighted by atomic mass is 35.5. The van der Waals surface area contributed by atoms with Crippen molar-refractivity contribution in [1.29, 1.82) is 0 Å². The average Bonchev–Trinajstić information content (AvgIpc) is 2.27. The SMILES string of the molecule is O=C(CCCCl)Nc1ccc([N+](=O)[O-])cn1. The summed E-state index contributed by atoms with van der Waals surface area (Å²) in [6.45, 7) is 0. The molecule has 0 aliphatic heterocycles. The third-order valence-corrected chi connectivity index (χ3v) is 2.03. The molecule has 0 spiro atoms. The van der Waals surface area contributed by atoms with Crippen LogP contribution in [-0.4, -0.2) is 21.7 Å². The molecule has 7 heteroatoms. The summed E-state index contributed by atoms with van der Waals surface area (Å²) in [4.78, 5) is 24.8. The minimum absolute atomic E-state index is 0.112. The fourth-order valence-corrected chi connectivity index (χ4v) is 1.13. The summed E-state index contributed by atoms with van der Waals surface area (Å²) < 4.78 is 0. The molecule has 6 nitrogen and oxygen atoms in total. The molecule has 0 aromatic carbocycles. The van der Waals surface area contributed by atoms with Crippen LogP contribution >= 0.6 is 11.6 Å². The summed E-state index contributed by atoms with van der Waals surface area (Å²) in [6.07, 6.45) is 1.99.